The number of nitrogens with zero attached hydrogens (tertiary/aromatic N) is 1. The molecule has 0 amide bonds. The van der Waals surface area contributed by atoms with Gasteiger partial charge in [-0.15, -0.1) is 0 Å². The first-order valence-electron chi connectivity index (χ1n) is 5.02. The number of halogens is 2. The van der Waals surface area contributed by atoms with Crippen molar-refractivity contribution in [3.05, 3.63) is 29.3 Å². The lowest BCUT2D eigenvalue weighted by molar-refractivity contribution is 0.299. The van der Waals surface area contributed by atoms with E-state index in [2.05, 4.69) is 15.9 Å². The van der Waals surface area contributed by atoms with E-state index in [4.69, 9.17) is 11.6 Å². The van der Waals surface area contributed by atoms with Crippen LogP contribution < -0.4 is 0 Å². The molecule has 1 aromatic carbocycles. The average molecular weight is 341 g/mol. The fourth-order valence-corrected chi connectivity index (χ4v) is 3.35. The third kappa shape index (κ3) is 3.22. The van der Waals surface area contributed by atoms with Gasteiger partial charge in [0.15, 0.2) is 0 Å². The van der Waals surface area contributed by atoms with Gasteiger partial charge in [0.2, 0.25) is 10.0 Å². The summed E-state index contributed by atoms with van der Waals surface area (Å²) in [5.41, 5.74) is -0.488. The van der Waals surface area contributed by atoms with E-state index in [0.717, 1.165) is 0 Å². The molecule has 0 atom stereocenters. The van der Waals surface area contributed by atoms with Gasteiger partial charge in [-0.25, -0.2) is 8.42 Å². The van der Waals surface area contributed by atoms with Gasteiger partial charge in [-0.3, -0.25) is 0 Å². The fourth-order valence-electron chi connectivity index (χ4n) is 1.17. The molecule has 1 rings (SSSR count). The van der Waals surface area contributed by atoms with Gasteiger partial charge in [0.1, 0.15) is 0 Å². The van der Waals surface area contributed by atoms with Gasteiger partial charge in [0, 0.05) is 22.9 Å². The highest BCUT2D eigenvalue weighted by Crippen LogP contribution is 2.25. The maximum absolute atomic E-state index is 12.3. The maximum Gasteiger partial charge on any atom is 0.243 e. The van der Waals surface area contributed by atoms with Crippen molar-refractivity contribution in [3.63, 3.8) is 0 Å². The molecule has 0 fully saturated rings. The molecule has 0 heterocycles. The molecule has 96 valence electrons. The number of benzene rings is 1. The Hall–Kier alpha value is -0.100. The molecule has 0 aliphatic carbocycles. The number of hydrogen-bond donors (Lipinski definition) is 0. The van der Waals surface area contributed by atoms with Crippen molar-refractivity contribution < 1.29 is 8.42 Å². The first-order valence-corrected chi connectivity index (χ1v) is 7.96. The minimum atomic E-state index is -3.48. The lowest BCUT2D eigenvalue weighted by Crippen LogP contribution is -2.46. The Kier molecular flexibility index (Phi) is 4.63. The first-order chi connectivity index (χ1) is 7.71. The summed E-state index contributed by atoms with van der Waals surface area (Å²) in [5.74, 6) is 0. The zero-order chi connectivity index (χ0) is 13.3. The van der Waals surface area contributed by atoms with Crippen molar-refractivity contribution in [3.8, 4) is 0 Å². The summed E-state index contributed by atoms with van der Waals surface area (Å²) in [5, 5.41) is 1.08. The number of rotatable bonds is 4. The Labute approximate surface area is 116 Å². The highest BCUT2D eigenvalue weighted by atomic mass is 79.9. The molecule has 17 heavy (non-hydrogen) atoms. The predicted molar refractivity (Wildman–Crippen MR) is 74.3 cm³/mol. The van der Waals surface area contributed by atoms with E-state index < -0.39 is 15.6 Å². The highest BCUT2D eigenvalue weighted by molar-refractivity contribution is 9.09. The second-order valence-corrected chi connectivity index (χ2v) is 7.34. The molecule has 0 saturated heterocycles. The van der Waals surface area contributed by atoms with Crippen LogP contribution in [0.1, 0.15) is 13.8 Å². The molecule has 3 nitrogen and oxygen atoms in total. The minimum Gasteiger partial charge on any atom is -0.207 e. The topological polar surface area (TPSA) is 37.4 Å². The molecule has 0 aliphatic heterocycles. The van der Waals surface area contributed by atoms with Gasteiger partial charge in [0.25, 0.3) is 0 Å². The first kappa shape index (κ1) is 15.0. The van der Waals surface area contributed by atoms with Crippen molar-refractivity contribution in [2.75, 3.05) is 12.4 Å². The molecule has 0 bridgehead atoms. The Bertz CT molecular complexity index is 485. The average Bonchev–Trinajstić information content (AvgIpc) is 2.28. The van der Waals surface area contributed by atoms with E-state index in [0.29, 0.717) is 10.4 Å². The zero-order valence-corrected chi connectivity index (χ0v) is 13.1. The van der Waals surface area contributed by atoms with Crippen LogP contribution in [-0.2, 0) is 10.0 Å². The third-order valence-electron chi connectivity index (χ3n) is 2.65. The van der Waals surface area contributed by atoms with E-state index in [1.807, 2.05) is 13.8 Å². The smallest absolute Gasteiger partial charge is 0.207 e. The Morgan fingerprint density at radius 2 is 1.76 bits per heavy atom. The Balaban J connectivity index is 3.16. The molecule has 0 radical (unpaired) electrons. The van der Waals surface area contributed by atoms with Crippen LogP contribution in [0.25, 0.3) is 0 Å². The van der Waals surface area contributed by atoms with Crippen LogP contribution in [-0.4, -0.2) is 30.6 Å². The van der Waals surface area contributed by atoms with Gasteiger partial charge in [-0.2, -0.15) is 4.31 Å². The van der Waals surface area contributed by atoms with Gasteiger partial charge in [-0.1, -0.05) is 27.5 Å². The van der Waals surface area contributed by atoms with E-state index in [1.165, 1.54) is 16.4 Å². The lowest BCUT2D eigenvalue weighted by Gasteiger charge is -2.32. The third-order valence-corrected chi connectivity index (χ3v) is 6.36. The van der Waals surface area contributed by atoms with Crippen LogP contribution in [0.4, 0.5) is 0 Å². The summed E-state index contributed by atoms with van der Waals surface area (Å²) in [4.78, 5) is 0.249. The number of alkyl halides is 1. The van der Waals surface area contributed by atoms with Gasteiger partial charge >= 0.3 is 0 Å². The van der Waals surface area contributed by atoms with Crippen molar-refractivity contribution in [1.29, 1.82) is 0 Å². The van der Waals surface area contributed by atoms with Gasteiger partial charge in [-0.05, 0) is 38.1 Å². The van der Waals surface area contributed by atoms with E-state index in [1.54, 1.807) is 19.2 Å². The van der Waals surface area contributed by atoms with Crippen molar-refractivity contribution in [2.24, 2.45) is 0 Å². The maximum atomic E-state index is 12.3. The molecule has 0 spiro atoms. The largest absolute Gasteiger partial charge is 0.243 e. The second kappa shape index (κ2) is 5.26. The van der Waals surface area contributed by atoms with Crippen LogP contribution in [0.2, 0.25) is 5.02 Å². The van der Waals surface area contributed by atoms with Gasteiger partial charge in [0.05, 0.1) is 4.90 Å². The molecule has 0 saturated carbocycles. The second-order valence-electron chi connectivity index (χ2n) is 4.37. The van der Waals surface area contributed by atoms with E-state index in [-0.39, 0.29) is 4.90 Å². The quantitative estimate of drug-likeness (QED) is 0.790. The summed E-state index contributed by atoms with van der Waals surface area (Å²) < 4.78 is 26.0. The highest BCUT2D eigenvalue weighted by Gasteiger charge is 2.33. The monoisotopic (exact) mass is 339 g/mol. The molecule has 0 unspecified atom stereocenters. The molecule has 6 heteroatoms. The summed E-state index contributed by atoms with van der Waals surface area (Å²) in [6.07, 6.45) is 0. The number of hydrogen-bond acceptors (Lipinski definition) is 2. The molecular weight excluding hydrogens is 326 g/mol. The summed E-state index contributed by atoms with van der Waals surface area (Å²) in [7, 11) is -1.91. The lowest BCUT2D eigenvalue weighted by atomic mass is 10.1. The normalized spacial score (nSPS) is 13.1. The molecule has 1 aromatic rings. The van der Waals surface area contributed by atoms with Crippen LogP contribution in [0.15, 0.2) is 29.2 Å². The van der Waals surface area contributed by atoms with E-state index >= 15 is 0 Å². The summed E-state index contributed by atoms with van der Waals surface area (Å²) in [6, 6.07) is 6.17. The Morgan fingerprint density at radius 1 is 1.29 bits per heavy atom. The minimum absolute atomic E-state index is 0.249. The van der Waals surface area contributed by atoms with Crippen LogP contribution >= 0.6 is 27.5 Å². The summed E-state index contributed by atoms with van der Waals surface area (Å²) >= 11 is 9.06. The Morgan fingerprint density at radius 3 is 2.18 bits per heavy atom. The van der Waals surface area contributed by atoms with Crippen LogP contribution in [0.5, 0.6) is 0 Å². The molecular formula is C11H15BrClNO2S. The van der Waals surface area contributed by atoms with Crippen LogP contribution in [0.3, 0.4) is 0 Å². The van der Waals surface area contributed by atoms with Crippen molar-refractivity contribution in [2.45, 2.75) is 24.3 Å². The molecule has 0 aliphatic rings. The van der Waals surface area contributed by atoms with Crippen LogP contribution in [0, 0.1) is 0 Å². The van der Waals surface area contributed by atoms with Gasteiger partial charge < -0.3 is 0 Å². The SMILES string of the molecule is CN(C(C)(C)CBr)S(=O)(=O)c1ccc(Cl)cc1. The standard InChI is InChI=1S/C11H15BrClNO2S/c1-11(2,8-12)14(3)17(15,16)10-6-4-9(13)5-7-10/h4-7H,8H2,1-3H3. The predicted octanol–water partition coefficient (Wildman–Crippen LogP) is 3.13. The zero-order valence-electron chi connectivity index (χ0n) is 9.94. The van der Waals surface area contributed by atoms with Crippen molar-refractivity contribution >= 4 is 37.6 Å². The molecule has 0 aromatic heterocycles. The fraction of sp³-hybridized carbons (Fsp3) is 0.455. The van der Waals surface area contributed by atoms with Crippen molar-refractivity contribution in [1.82, 2.24) is 4.31 Å². The van der Waals surface area contributed by atoms with E-state index in [9.17, 15) is 8.42 Å². The summed E-state index contributed by atoms with van der Waals surface area (Å²) in [6.45, 7) is 3.71. The molecule has 0 N–H and O–H groups in total. The number of sulfonamides is 1.